The summed E-state index contributed by atoms with van der Waals surface area (Å²) in [6.45, 7) is 2.14. The summed E-state index contributed by atoms with van der Waals surface area (Å²) < 4.78 is 1.99. The molecule has 94 valence electrons. The van der Waals surface area contributed by atoms with E-state index in [0.717, 1.165) is 5.56 Å². The van der Waals surface area contributed by atoms with Crippen molar-refractivity contribution in [3.8, 4) is 0 Å². The molecule has 0 fully saturated rings. The number of halogens is 1. The molecular weight excluding hydrogens is 298 g/mol. The zero-order valence-electron chi connectivity index (χ0n) is 9.72. The summed E-state index contributed by atoms with van der Waals surface area (Å²) >= 11 is 3.18. The van der Waals surface area contributed by atoms with Crippen molar-refractivity contribution in [3.05, 3.63) is 50.7 Å². The van der Waals surface area contributed by atoms with E-state index in [0.29, 0.717) is 22.7 Å². The van der Waals surface area contributed by atoms with Crippen molar-refractivity contribution in [1.29, 1.82) is 0 Å². The highest BCUT2D eigenvalue weighted by Gasteiger charge is 2.08. The van der Waals surface area contributed by atoms with Crippen LogP contribution in [0.4, 0.5) is 5.82 Å². The summed E-state index contributed by atoms with van der Waals surface area (Å²) in [5, 5.41) is 0. The fourth-order valence-electron chi connectivity index (χ4n) is 1.60. The number of aryl methyl sites for hydroxylation is 1. The van der Waals surface area contributed by atoms with Gasteiger partial charge in [0.2, 0.25) is 0 Å². The lowest BCUT2D eigenvalue weighted by Crippen LogP contribution is -2.25. The Bertz CT molecular complexity index is 625. The molecule has 0 aliphatic rings. The molecule has 0 aliphatic carbocycles. The lowest BCUT2D eigenvalue weighted by atomic mass is 10.2. The Balaban J connectivity index is 2.46. The number of aromatic nitrogens is 3. The zero-order chi connectivity index (χ0) is 13.1. The zero-order valence-corrected chi connectivity index (χ0v) is 11.3. The van der Waals surface area contributed by atoms with E-state index in [1.54, 1.807) is 23.8 Å². The fourth-order valence-corrected chi connectivity index (χ4v) is 1.92. The quantitative estimate of drug-likeness (QED) is 0.653. The smallest absolute Gasteiger partial charge is 0.268 e. The Hall–Kier alpha value is -1.73. The van der Waals surface area contributed by atoms with E-state index in [9.17, 15) is 4.79 Å². The van der Waals surface area contributed by atoms with Crippen molar-refractivity contribution in [2.45, 2.75) is 13.5 Å². The van der Waals surface area contributed by atoms with E-state index in [4.69, 9.17) is 5.84 Å². The van der Waals surface area contributed by atoms with E-state index in [-0.39, 0.29) is 5.56 Å². The summed E-state index contributed by atoms with van der Waals surface area (Å²) in [6, 6.07) is 3.65. The molecule has 2 aromatic heterocycles. The maximum absolute atomic E-state index is 12.0. The van der Waals surface area contributed by atoms with E-state index < -0.39 is 0 Å². The average molecular weight is 310 g/mol. The highest BCUT2D eigenvalue weighted by Crippen LogP contribution is 2.12. The molecule has 3 N–H and O–H groups in total. The predicted octanol–water partition coefficient (Wildman–Crippen LogP) is 1.04. The molecule has 18 heavy (non-hydrogen) atoms. The van der Waals surface area contributed by atoms with Gasteiger partial charge in [0.25, 0.3) is 5.56 Å². The van der Waals surface area contributed by atoms with Gasteiger partial charge in [-0.05, 0) is 28.9 Å². The highest BCUT2D eigenvalue weighted by atomic mass is 79.9. The predicted molar refractivity (Wildman–Crippen MR) is 72.1 cm³/mol. The van der Waals surface area contributed by atoms with Crippen LogP contribution in [0.1, 0.15) is 11.4 Å². The second-order valence-electron chi connectivity index (χ2n) is 3.70. The number of rotatable bonds is 3. The van der Waals surface area contributed by atoms with Crippen LogP contribution in [0, 0.1) is 6.92 Å². The summed E-state index contributed by atoms with van der Waals surface area (Å²) in [5.41, 5.74) is 3.20. The van der Waals surface area contributed by atoms with Crippen molar-refractivity contribution in [2.24, 2.45) is 5.84 Å². The van der Waals surface area contributed by atoms with Crippen LogP contribution < -0.4 is 16.8 Å². The van der Waals surface area contributed by atoms with Gasteiger partial charge in [-0.15, -0.1) is 0 Å². The largest absolute Gasteiger partial charge is 0.308 e. The molecule has 2 rings (SSSR count). The lowest BCUT2D eigenvalue weighted by Gasteiger charge is -2.11. The molecule has 0 saturated heterocycles. The van der Waals surface area contributed by atoms with Gasteiger partial charge in [0.05, 0.1) is 6.54 Å². The second-order valence-corrected chi connectivity index (χ2v) is 4.55. The number of nitrogens with one attached hydrogen (secondary N) is 1. The van der Waals surface area contributed by atoms with Crippen LogP contribution in [0.25, 0.3) is 0 Å². The molecule has 0 atom stereocenters. The number of hydrogen-bond donors (Lipinski definition) is 2. The van der Waals surface area contributed by atoms with Crippen LogP contribution in [0.5, 0.6) is 0 Å². The molecule has 7 heteroatoms. The van der Waals surface area contributed by atoms with Gasteiger partial charge in [-0.25, -0.2) is 15.8 Å². The maximum atomic E-state index is 12.0. The Kier molecular flexibility index (Phi) is 3.73. The van der Waals surface area contributed by atoms with Crippen LogP contribution in [0.15, 0.2) is 33.8 Å². The van der Waals surface area contributed by atoms with Crippen LogP contribution in [-0.2, 0) is 6.54 Å². The molecule has 0 unspecified atom stereocenters. The van der Waals surface area contributed by atoms with Crippen molar-refractivity contribution in [1.82, 2.24) is 14.5 Å². The van der Waals surface area contributed by atoms with Gasteiger partial charge < -0.3 is 5.43 Å². The first kappa shape index (κ1) is 12.7. The first-order valence-electron chi connectivity index (χ1n) is 5.26. The number of nitrogens with zero attached hydrogens (tertiary/aromatic N) is 3. The van der Waals surface area contributed by atoms with E-state index in [2.05, 4.69) is 31.3 Å². The topological polar surface area (TPSA) is 85.8 Å². The Labute approximate surface area is 112 Å². The second kappa shape index (κ2) is 5.28. The van der Waals surface area contributed by atoms with E-state index >= 15 is 0 Å². The molecule has 2 aromatic rings. The minimum absolute atomic E-state index is 0.130. The molecular formula is C11H12BrN5O. The summed E-state index contributed by atoms with van der Waals surface area (Å²) in [6.07, 6.45) is 3.13. The summed E-state index contributed by atoms with van der Waals surface area (Å²) in [7, 11) is 0. The standard InChI is InChI=1S/C11H12BrN5O/c1-7-15-5-9(12)11(18)17(7)6-8-3-2-4-14-10(8)16-13/h2-5H,6,13H2,1H3,(H,14,16). The molecule has 0 saturated carbocycles. The van der Waals surface area contributed by atoms with Gasteiger partial charge in [0, 0.05) is 18.0 Å². The number of nitrogens with two attached hydrogens (primary N) is 1. The minimum Gasteiger partial charge on any atom is -0.308 e. The molecule has 2 heterocycles. The van der Waals surface area contributed by atoms with Gasteiger partial charge in [-0.2, -0.15) is 0 Å². The summed E-state index contributed by atoms with van der Waals surface area (Å²) in [4.78, 5) is 20.2. The fraction of sp³-hybridized carbons (Fsp3) is 0.182. The van der Waals surface area contributed by atoms with Crippen molar-refractivity contribution >= 4 is 21.7 Å². The van der Waals surface area contributed by atoms with Crippen LogP contribution >= 0.6 is 15.9 Å². The summed E-state index contributed by atoms with van der Waals surface area (Å²) in [5.74, 6) is 6.56. The average Bonchev–Trinajstić information content (AvgIpc) is 2.39. The number of hydrazine groups is 1. The molecule has 0 aromatic carbocycles. The monoisotopic (exact) mass is 309 g/mol. The number of pyridine rings is 1. The molecule has 0 aliphatic heterocycles. The van der Waals surface area contributed by atoms with Crippen molar-refractivity contribution in [2.75, 3.05) is 5.43 Å². The number of nitrogen functional groups attached to an aromatic ring is 1. The van der Waals surface area contributed by atoms with Gasteiger partial charge in [0.1, 0.15) is 16.1 Å². The lowest BCUT2D eigenvalue weighted by molar-refractivity contribution is 0.694. The molecule has 0 bridgehead atoms. The first-order chi connectivity index (χ1) is 8.63. The van der Waals surface area contributed by atoms with Crippen molar-refractivity contribution in [3.63, 3.8) is 0 Å². The van der Waals surface area contributed by atoms with Gasteiger partial charge in [0.15, 0.2) is 0 Å². The first-order valence-corrected chi connectivity index (χ1v) is 6.05. The maximum Gasteiger partial charge on any atom is 0.268 e. The third-order valence-corrected chi connectivity index (χ3v) is 3.11. The van der Waals surface area contributed by atoms with Crippen LogP contribution in [-0.4, -0.2) is 14.5 Å². The van der Waals surface area contributed by atoms with Gasteiger partial charge in [-0.1, -0.05) is 6.07 Å². The van der Waals surface area contributed by atoms with Crippen molar-refractivity contribution < 1.29 is 0 Å². The molecule has 0 amide bonds. The normalized spacial score (nSPS) is 10.4. The van der Waals surface area contributed by atoms with E-state index in [1.807, 2.05) is 6.07 Å². The Morgan fingerprint density at radius 3 is 3.00 bits per heavy atom. The minimum atomic E-state index is -0.130. The highest BCUT2D eigenvalue weighted by molar-refractivity contribution is 9.10. The van der Waals surface area contributed by atoms with Crippen LogP contribution in [0.3, 0.4) is 0 Å². The van der Waals surface area contributed by atoms with Gasteiger partial charge >= 0.3 is 0 Å². The molecule has 0 radical (unpaired) electrons. The van der Waals surface area contributed by atoms with Gasteiger partial charge in [-0.3, -0.25) is 9.36 Å². The molecule has 6 nitrogen and oxygen atoms in total. The Morgan fingerprint density at radius 2 is 2.28 bits per heavy atom. The number of anilines is 1. The number of hydrogen-bond acceptors (Lipinski definition) is 5. The van der Waals surface area contributed by atoms with E-state index in [1.165, 1.54) is 6.20 Å². The third-order valence-electron chi connectivity index (χ3n) is 2.56. The van der Waals surface area contributed by atoms with Crippen LogP contribution in [0.2, 0.25) is 0 Å². The third kappa shape index (κ3) is 2.41. The molecule has 0 spiro atoms. The SMILES string of the molecule is Cc1ncc(Br)c(=O)n1Cc1cccnc1NN. The Morgan fingerprint density at radius 1 is 1.50 bits per heavy atom.